The Morgan fingerprint density at radius 2 is 1.94 bits per heavy atom. The van der Waals surface area contributed by atoms with Gasteiger partial charge in [0.25, 0.3) is 0 Å². The molecule has 1 heterocycles. The van der Waals surface area contributed by atoms with Crippen LogP contribution in [0.4, 0.5) is 5.69 Å². The Morgan fingerprint density at radius 3 is 2.50 bits per heavy atom. The second-order valence-electron chi connectivity index (χ2n) is 3.71. The SMILES string of the molecule is CC(C#N)(Nc1ccccc1)c1cccs1. The fourth-order valence-electron chi connectivity index (χ4n) is 1.52. The maximum Gasteiger partial charge on any atom is 0.157 e. The van der Waals surface area contributed by atoms with Crippen LogP contribution in [0.25, 0.3) is 0 Å². The van der Waals surface area contributed by atoms with Crippen LogP contribution < -0.4 is 5.32 Å². The van der Waals surface area contributed by atoms with Crippen molar-refractivity contribution in [2.75, 3.05) is 5.32 Å². The molecule has 0 amide bonds. The van der Waals surface area contributed by atoms with Gasteiger partial charge in [0.05, 0.1) is 6.07 Å². The van der Waals surface area contributed by atoms with Crippen molar-refractivity contribution in [2.45, 2.75) is 12.5 Å². The summed E-state index contributed by atoms with van der Waals surface area (Å²) in [6.45, 7) is 1.89. The van der Waals surface area contributed by atoms with Gasteiger partial charge in [-0.2, -0.15) is 5.26 Å². The van der Waals surface area contributed by atoms with Crippen molar-refractivity contribution < 1.29 is 0 Å². The summed E-state index contributed by atoms with van der Waals surface area (Å²) in [5.41, 5.74) is 0.301. The maximum atomic E-state index is 9.31. The number of nitrogens with one attached hydrogen (secondary N) is 1. The van der Waals surface area contributed by atoms with Gasteiger partial charge in [-0.3, -0.25) is 0 Å². The molecule has 0 fully saturated rings. The summed E-state index contributed by atoms with van der Waals surface area (Å²) in [6.07, 6.45) is 0. The number of benzene rings is 1. The van der Waals surface area contributed by atoms with Crippen LogP contribution in [0.2, 0.25) is 0 Å². The Labute approximate surface area is 99.2 Å². The topological polar surface area (TPSA) is 35.8 Å². The number of nitriles is 1. The molecule has 0 aliphatic heterocycles. The van der Waals surface area contributed by atoms with Gasteiger partial charge in [-0.05, 0) is 30.5 Å². The number of nitrogens with zero attached hydrogens (tertiary/aromatic N) is 1. The van der Waals surface area contributed by atoms with Crippen LogP contribution in [0, 0.1) is 11.3 Å². The van der Waals surface area contributed by atoms with E-state index in [4.69, 9.17) is 0 Å². The average molecular weight is 228 g/mol. The fraction of sp³-hybridized carbons (Fsp3) is 0.154. The van der Waals surface area contributed by atoms with Gasteiger partial charge in [-0.25, -0.2) is 0 Å². The van der Waals surface area contributed by atoms with E-state index in [0.717, 1.165) is 10.6 Å². The van der Waals surface area contributed by atoms with Crippen molar-refractivity contribution in [2.24, 2.45) is 0 Å². The summed E-state index contributed by atoms with van der Waals surface area (Å²) in [7, 11) is 0. The molecule has 16 heavy (non-hydrogen) atoms. The Morgan fingerprint density at radius 1 is 1.19 bits per heavy atom. The number of rotatable bonds is 3. The quantitative estimate of drug-likeness (QED) is 0.871. The summed E-state index contributed by atoms with van der Waals surface area (Å²) in [6, 6.07) is 16.1. The van der Waals surface area contributed by atoms with Gasteiger partial charge in [0.1, 0.15) is 0 Å². The molecule has 2 rings (SSSR count). The fourth-order valence-corrected chi connectivity index (χ4v) is 2.31. The van der Waals surface area contributed by atoms with Crippen LogP contribution in [0.15, 0.2) is 47.8 Å². The monoisotopic (exact) mass is 228 g/mol. The first-order valence-electron chi connectivity index (χ1n) is 5.03. The molecule has 2 aromatic rings. The molecule has 3 heteroatoms. The van der Waals surface area contributed by atoms with Gasteiger partial charge in [-0.1, -0.05) is 24.3 Å². The van der Waals surface area contributed by atoms with E-state index in [1.54, 1.807) is 11.3 Å². The third-order valence-electron chi connectivity index (χ3n) is 2.41. The third-order valence-corrected chi connectivity index (χ3v) is 3.50. The van der Waals surface area contributed by atoms with Gasteiger partial charge >= 0.3 is 0 Å². The van der Waals surface area contributed by atoms with Crippen LogP contribution >= 0.6 is 11.3 Å². The standard InChI is InChI=1S/C13H12N2S/c1-13(10-14,12-8-5-9-16-12)15-11-6-3-2-4-7-11/h2-9,15H,1H3. The highest BCUT2D eigenvalue weighted by molar-refractivity contribution is 7.10. The summed E-state index contributed by atoms with van der Waals surface area (Å²) >= 11 is 1.59. The van der Waals surface area contributed by atoms with Crippen LogP contribution in [-0.2, 0) is 5.54 Å². The van der Waals surface area contributed by atoms with Gasteiger partial charge in [0, 0.05) is 10.6 Å². The molecular weight excluding hydrogens is 216 g/mol. The van der Waals surface area contributed by atoms with Crippen LogP contribution in [0.1, 0.15) is 11.8 Å². The van der Waals surface area contributed by atoms with Crippen molar-refractivity contribution in [3.63, 3.8) is 0 Å². The van der Waals surface area contributed by atoms with E-state index in [1.807, 2.05) is 54.8 Å². The minimum atomic E-state index is -0.657. The Kier molecular flexibility index (Phi) is 2.93. The molecule has 0 saturated heterocycles. The molecule has 80 valence electrons. The van der Waals surface area contributed by atoms with Crippen molar-refractivity contribution in [1.82, 2.24) is 0 Å². The Bertz CT molecular complexity index is 484. The lowest BCUT2D eigenvalue weighted by atomic mass is 10.0. The Balaban J connectivity index is 2.28. The summed E-state index contributed by atoms with van der Waals surface area (Å²) in [5, 5.41) is 14.6. The van der Waals surface area contributed by atoms with E-state index >= 15 is 0 Å². The number of anilines is 1. The van der Waals surface area contributed by atoms with Gasteiger partial charge in [0.2, 0.25) is 0 Å². The van der Waals surface area contributed by atoms with E-state index in [2.05, 4.69) is 11.4 Å². The largest absolute Gasteiger partial charge is 0.363 e. The molecule has 1 aromatic heterocycles. The highest BCUT2D eigenvalue weighted by Crippen LogP contribution is 2.28. The average Bonchev–Trinajstić information content (AvgIpc) is 2.84. The van der Waals surface area contributed by atoms with E-state index < -0.39 is 5.54 Å². The van der Waals surface area contributed by atoms with Crippen LogP contribution in [0.3, 0.4) is 0 Å². The molecule has 0 aliphatic carbocycles. The molecule has 2 nitrogen and oxygen atoms in total. The molecular formula is C13H12N2S. The molecule has 0 aliphatic rings. The lowest BCUT2D eigenvalue weighted by molar-refractivity contribution is 0.723. The highest BCUT2D eigenvalue weighted by atomic mass is 32.1. The van der Waals surface area contributed by atoms with E-state index in [0.29, 0.717) is 0 Å². The maximum absolute atomic E-state index is 9.31. The van der Waals surface area contributed by atoms with Gasteiger partial charge in [-0.15, -0.1) is 11.3 Å². The second kappa shape index (κ2) is 4.38. The normalized spacial score (nSPS) is 13.8. The van der Waals surface area contributed by atoms with Gasteiger partial charge in [0.15, 0.2) is 5.54 Å². The Hall–Kier alpha value is -1.79. The molecule has 0 bridgehead atoms. The predicted molar refractivity (Wildman–Crippen MR) is 67.3 cm³/mol. The number of hydrogen-bond acceptors (Lipinski definition) is 3. The van der Waals surface area contributed by atoms with Crippen molar-refractivity contribution >= 4 is 17.0 Å². The second-order valence-corrected chi connectivity index (χ2v) is 4.65. The van der Waals surface area contributed by atoms with E-state index in [1.165, 1.54) is 0 Å². The van der Waals surface area contributed by atoms with E-state index in [9.17, 15) is 5.26 Å². The van der Waals surface area contributed by atoms with Crippen molar-refractivity contribution in [1.29, 1.82) is 5.26 Å². The molecule has 1 aromatic carbocycles. The molecule has 1 unspecified atom stereocenters. The zero-order valence-corrected chi connectivity index (χ0v) is 9.79. The molecule has 1 atom stereocenters. The molecule has 0 spiro atoms. The lowest BCUT2D eigenvalue weighted by Crippen LogP contribution is -2.28. The third kappa shape index (κ3) is 2.07. The van der Waals surface area contributed by atoms with E-state index in [-0.39, 0.29) is 0 Å². The predicted octanol–water partition coefficient (Wildman–Crippen LogP) is 3.60. The number of para-hydroxylation sites is 1. The summed E-state index contributed by atoms with van der Waals surface area (Å²) in [5.74, 6) is 0. The van der Waals surface area contributed by atoms with Crippen LogP contribution in [0.5, 0.6) is 0 Å². The molecule has 0 saturated carbocycles. The van der Waals surface area contributed by atoms with Crippen LogP contribution in [-0.4, -0.2) is 0 Å². The first-order valence-corrected chi connectivity index (χ1v) is 5.91. The highest BCUT2D eigenvalue weighted by Gasteiger charge is 2.26. The minimum absolute atomic E-state index is 0.657. The first kappa shape index (κ1) is 10.7. The zero-order valence-electron chi connectivity index (χ0n) is 8.97. The summed E-state index contributed by atoms with van der Waals surface area (Å²) in [4.78, 5) is 1.03. The van der Waals surface area contributed by atoms with Gasteiger partial charge < -0.3 is 5.32 Å². The molecule has 1 N–H and O–H groups in total. The van der Waals surface area contributed by atoms with Crippen molar-refractivity contribution in [3.8, 4) is 6.07 Å². The lowest BCUT2D eigenvalue weighted by Gasteiger charge is -2.23. The minimum Gasteiger partial charge on any atom is -0.363 e. The zero-order chi connectivity index (χ0) is 11.4. The summed E-state index contributed by atoms with van der Waals surface area (Å²) < 4.78 is 0. The number of hydrogen-bond donors (Lipinski definition) is 1. The smallest absolute Gasteiger partial charge is 0.157 e. The first-order chi connectivity index (χ1) is 7.74. The van der Waals surface area contributed by atoms with Crippen molar-refractivity contribution in [3.05, 3.63) is 52.7 Å². The molecule has 0 radical (unpaired) electrons. The number of thiophene rings is 1.